The summed E-state index contributed by atoms with van der Waals surface area (Å²) in [5, 5.41) is 10.9. The molecule has 0 aromatic heterocycles. The first kappa shape index (κ1) is 21.0. The molecule has 3 aromatic rings. The molecule has 0 aliphatic carbocycles. The standard InChI is InChI=1S/C25H22BrNO4/c1-30-20-12-11-18(21(14-20)31-2)15-27-23(17-9-6-10-19(26)13-17)22(24(28)25(27)29)16-7-4-3-5-8-16/h3-14,23,28H,15H2,1-2H3/t23-/m0/s1. The van der Waals surface area contributed by atoms with Crippen LogP contribution in [-0.2, 0) is 11.3 Å². The van der Waals surface area contributed by atoms with Crippen molar-refractivity contribution >= 4 is 27.4 Å². The molecule has 0 saturated heterocycles. The maximum Gasteiger partial charge on any atom is 0.290 e. The molecular weight excluding hydrogens is 458 g/mol. The van der Waals surface area contributed by atoms with E-state index in [1.165, 1.54) is 0 Å². The molecular formula is C25H22BrNO4. The monoisotopic (exact) mass is 479 g/mol. The van der Waals surface area contributed by atoms with E-state index in [0.717, 1.165) is 21.2 Å². The molecule has 1 N–H and O–H groups in total. The molecule has 0 fully saturated rings. The fourth-order valence-corrected chi connectivity index (χ4v) is 4.34. The predicted molar refractivity (Wildman–Crippen MR) is 123 cm³/mol. The van der Waals surface area contributed by atoms with E-state index in [9.17, 15) is 9.90 Å². The normalized spacial score (nSPS) is 16.0. The molecule has 3 aromatic carbocycles. The van der Waals surface area contributed by atoms with Crippen molar-refractivity contribution in [1.82, 2.24) is 4.90 Å². The Morgan fingerprint density at radius 1 is 0.968 bits per heavy atom. The van der Waals surface area contributed by atoms with Crippen LogP contribution in [0.15, 0.2) is 83.0 Å². The third-order valence-electron chi connectivity index (χ3n) is 5.39. The topological polar surface area (TPSA) is 59.0 Å². The van der Waals surface area contributed by atoms with Crippen molar-refractivity contribution < 1.29 is 19.4 Å². The molecule has 6 heteroatoms. The Balaban J connectivity index is 1.81. The summed E-state index contributed by atoms with van der Waals surface area (Å²) in [6, 6.07) is 22.3. The van der Waals surface area contributed by atoms with Crippen LogP contribution in [0, 0.1) is 0 Å². The molecule has 1 heterocycles. The zero-order valence-corrected chi connectivity index (χ0v) is 18.8. The lowest BCUT2D eigenvalue weighted by Crippen LogP contribution is -2.30. The van der Waals surface area contributed by atoms with Crippen LogP contribution in [0.5, 0.6) is 11.5 Å². The van der Waals surface area contributed by atoms with Crippen molar-refractivity contribution in [3.05, 3.63) is 99.7 Å². The molecule has 0 saturated carbocycles. The fraction of sp³-hybridized carbons (Fsp3) is 0.160. The van der Waals surface area contributed by atoms with Crippen LogP contribution in [0.4, 0.5) is 0 Å². The summed E-state index contributed by atoms with van der Waals surface area (Å²) < 4.78 is 11.7. The molecule has 1 aliphatic heterocycles. The highest BCUT2D eigenvalue weighted by atomic mass is 79.9. The summed E-state index contributed by atoms with van der Waals surface area (Å²) >= 11 is 3.53. The Morgan fingerprint density at radius 2 is 1.74 bits per heavy atom. The second kappa shape index (κ2) is 8.86. The van der Waals surface area contributed by atoms with Gasteiger partial charge in [0.05, 0.1) is 26.8 Å². The van der Waals surface area contributed by atoms with Crippen LogP contribution in [-0.4, -0.2) is 30.1 Å². The van der Waals surface area contributed by atoms with Gasteiger partial charge in [0.1, 0.15) is 11.5 Å². The van der Waals surface area contributed by atoms with E-state index in [1.807, 2.05) is 66.7 Å². The summed E-state index contributed by atoms with van der Waals surface area (Å²) in [7, 11) is 3.18. The lowest BCUT2D eigenvalue weighted by molar-refractivity contribution is -0.130. The summed E-state index contributed by atoms with van der Waals surface area (Å²) in [5.41, 5.74) is 3.12. The molecule has 31 heavy (non-hydrogen) atoms. The number of rotatable bonds is 6. The van der Waals surface area contributed by atoms with Gasteiger partial charge in [-0.15, -0.1) is 0 Å². The minimum absolute atomic E-state index is 0.233. The van der Waals surface area contributed by atoms with E-state index < -0.39 is 11.9 Å². The van der Waals surface area contributed by atoms with Gasteiger partial charge in [0, 0.05) is 21.7 Å². The minimum Gasteiger partial charge on any atom is -0.503 e. The van der Waals surface area contributed by atoms with Crippen molar-refractivity contribution in [3.8, 4) is 11.5 Å². The molecule has 5 nitrogen and oxygen atoms in total. The highest BCUT2D eigenvalue weighted by molar-refractivity contribution is 9.10. The molecule has 0 bridgehead atoms. The fourth-order valence-electron chi connectivity index (χ4n) is 3.92. The summed E-state index contributed by atoms with van der Waals surface area (Å²) in [5.74, 6) is 0.640. The predicted octanol–water partition coefficient (Wildman–Crippen LogP) is 5.52. The van der Waals surface area contributed by atoms with Crippen LogP contribution in [0.2, 0.25) is 0 Å². The van der Waals surface area contributed by atoms with Gasteiger partial charge in [0.15, 0.2) is 5.76 Å². The molecule has 4 rings (SSSR count). The van der Waals surface area contributed by atoms with E-state index >= 15 is 0 Å². The third kappa shape index (κ3) is 4.03. The molecule has 0 spiro atoms. The first-order valence-corrected chi connectivity index (χ1v) is 10.6. The molecule has 1 aliphatic rings. The number of nitrogens with zero attached hydrogens (tertiary/aromatic N) is 1. The second-order valence-electron chi connectivity index (χ2n) is 7.20. The molecule has 1 amide bonds. The first-order chi connectivity index (χ1) is 15.0. The van der Waals surface area contributed by atoms with Gasteiger partial charge in [-0.3, -0.25) is 4.79 Å². The van der Waals surface area contributed by atoms with Crippen molar-refractivity contribution in [2.45, 2.75) is 12.6 Å². The lowest BCUT2D eigenvalue weighted by Gasteiger charge is -2.28. The molecule has 0 unspecified atom stereocenters. The van der Waals surface area contributed by atoms with Gasteiger partial charge < -0.3 is 19.5 Å². The van der Waals surface area contributed by atoms with E-state index in [-0.39, 0.29) is 12.3 Å². The first-order valence-electron chi connectivity index (χ1n) is 9.79. The highest BCUT2D eigenvalue weighted by Crippen LogP contribution is 2.44. The smallest absolute Gasteiger partial charge is 0.290 e. The van der Waals surface area contributed by atoms with E-state index in [2.05, 4.69) is 15.9 Å². The van der Waals surface area contributed by atoms with E-state index in [4.69, 9.17) is 9.47 Å². The molecule has 0 radical (unpaired) electrons. The van der Waals surface area contributed by atoms with Gasteiger partial charge in [-0.1, -0.05) is 58.4 Å². The Hall–Kier alpha value is -3.25. The Morgan fingerprint density at radius 3 is 2.42 bits per heavy atom. The molecule has 158 valence electrons. The number of aliphatic hydroxyl groups excluding tert-OH is 1. The van der Waals surface area contributed by atoms with Gasteiger partial charge >= 0.3 is 0 Å². The van der Waals surface area contributed by atoms with Crippen molar-refractivity contribution in [2.75, 3.05) is 14.2 Å². The highest BCUT2D eigenvalue weighted by Gasteiger charge is 2.41. The Kier molecular flexibility index (Phi) is 6.00. The van der Waals surface area contributed by atoms with Crippen molar-refractivity contribution in [2.24, 2.45) is 0 Å². The van der Waals surface area contributed by atoms with Crippen LogP contribution in [0.1, 0.15) is 22.7 Å². The number of carbonyl (C=O) groups excluding carboxylic acids is 1. The minimum atomic E-state index is -0.445. The van der Waals surface area contributed by atoms with Gasteiger partial charge in [0.25, 0.3) is 5.91 Å². The number of hydrogen-bond acceptors (Lipinski definition) is 4. The van der Waals surface area contributed by atoms with Crippen LogP contribution in [0.3, 0.4) is 0 Å². The summed E-state index contributed by atoms with van der Waals surface area (Å²) in [4.78, 5) is 14.9. The van der Waals surface area contributed by atoms with Crippen LogP contribution < -0.4 is 9.47 Å². The summed E-state index contributed by atoms with van der Waals surface area (Å²) in [6.45, 7) is 0.267. The van der Waals surface area contributed by atoms with Crippen molar-refractivity contribution in [1.29, 1.82) is 0 Å². The number of aliphatic hydroxyl groups is 1. The van der Waals surface area contributed by atoms with Gasteiger partial charge in [-0.2, -0.15) is 0 Å². The van der Waals surface area contributed by atoms with Gasteiger partial charge in [-0.25, -0.2) is 0 Å². The van der Waals surface area contributed by atoms with Crippen LogP contribution in [0.25, 0.3) is 5.57 Å². The van der Waals surface area contributed by atoms with Crippen LogP contribution >= 0.6 is 15.9 Å². The molecule has 1 atom stereocenters. The zero-order chi connectivity index (χ0) is 22.0. The Bertz CT molecular complexity index is 1140. The number of halogens is 1. The number of benzene rings is 3. The second-order valence-corrected chi connectivity index (χ2v) is 8.11. The maximum absolute atomic E-state index is 13.2. The largest absolute Gasteiger partial charge is 0.503 e. The number of ether oxygens (including phenoxy) is 2. The summed E-state index contributed by atoms with van der Waals surface area (Å²) in [6.07, 6.45) is 0. The average molecular weight is 480 g/mol. The van der Waals surface area contributed by atoms with Gasteiger partial charge in [-0.05, 0) is 35.4 Å². The van der Waals surface area contributed by atoms with E-state index in [1.54, 1.807) is 25.2 Å². The number of methoxy groups -OCH3 is 2. The average Bonchev–Trinajstić information content (AvgIpc) is 3.05. The van der Waals surface area contributed by atoms with Crippen molar-refractivity contribution in [3.63, 3.8) is 0 Å². The number of amides is 1. The van der Waals surface area contributed by atoms with E-state index in [0.29, 0.717) is 17.1 Å². The Labute approximate surface area is 189 Å². The van der Waals surface area contributed by atoms with Gasteiger partial charge in [0.2, 0.25) is 0 Å². The number of carbonyl (C=O) groups is 1. The SMILES string of the molecule is COc1ccc(CN2C(=O)C(O)=C(c3ccccc3)[C@@H]2c2cccc(Br)c2)c(OC)c1. The third-order valence-corrected chi connectivity index (χ3v) is 5.88. The number of hydrogen-bond donors (Lipinski definition) is 1. The quantitative estimate of drug-likeness (QED) is 0.505. The lowest BCUT2D eigenvalue weighted by atomic mass is 9.93. The zero-order valence-electron chi connectivity index (χ0n) is 17.2. The maximum atomic E-state index is 13.2.